The van der Waals surface area contributed by atoms with Crippen LogP contribution < -0.4 is 10.5 Å². The number of nitrogens with two attached hydrogens (primary N) is 1. The highest BCUT2D eigenvalue weighted by atomic mass is 35.5. The van der Waals surface area contributed by atoms with Crippen molar-refractivity contribution in [3.05, 3.63) is 36.4 Å². The molecule has 0 spiro atoms. The van der Waals surface area contributed by atoms with Crippen molar-refractivity contribution < 1.29 is 9.84 Å². The molecule has 4 heteroatoms. The van der Waals surface area contributed by atoms with Crippen LogP contribution >= 0.6 is 12.4 Å². The standard InChI is InChI=1S/C12H17NO2.ClH/c1-3-4-7-10(13)9-6-5-8-11(15-2)12(9)14;/h3,5-6,8,10,14H,1,4,7,13H2,2H3;1H/t10-;/m0./s1. The monoisotopic (exact) mass is 243 g/mol. The Morgan fingerprint density at radius 2 is 2.25 bits per heavy atom. The molecule has 0 radical (unpaired) electrons. The number of halogens is 1. The maximum absolute atomic E-state index is 9.83. The summed E-state index contributed by atoms with van der Waals surface area (Å²) < 4.78 is 5.01. The number of rotatable bonds is 5. The summed E-state index contributed by atoms with van der Waals surface area (Å²) in [4.78, 5) is 0. The number of benzene rings is 1. The molecule has 90 valence electrons. The summed E-state index contributed by atoms with van der Waals surface area (Å²) in [5.74, 6) is 0.595. The third-order valence-electron chi connectivity index (χ3n) is 2.33. The number of allylic oxidation sites excluding steroid dienone is 1. The molecule has 0 bridgehead atoms. The van der Waals surface area contributed by atoms with E-state index in [-0.39, 0.29) is 24.2 Å². The topological polar surface area (TPSA) is 55.5 Å². The fourth-order valence-corrected chi connectivity index (χ4v) is 1.46. The molecule has 1 aromatic rings. The second-order valence-electron chi connectivity index (χ2n) is 3.37. The Hall–Kier alpha value is -1.19. The first kappa shape index (κ1) is 14.8. The maximum atomic E-state index is 9.83. The van der Waals surface area contributed by atoms with E-state index in [9.17, 15) is 5.11 Å². The number of methoxy groups -OCH3 is 1. The van der Waals surface area contributed by atoms with Gasteiger partial charge in [0.1, 0.15) is 0 Å². The first-order valence-electron chi connectivity index (χ1n) is 4.93. The molecule has 1 rings (SSSR count). The van der Waals surface area contributed by atoms with Crippen molar-refractivity contribution in [1.82, 2.24) is 0 Å². The van der Waals surface area contributed by atoms with Crippen molar-refractivity contribution >= 4 is 12.4 Å². The number of para-hydroxylation sites is 1. The summed E-state index contributed by atoms with van der Waals surface area (Å²) in [6.45, 7) is 3.64. The molecule has 0 aliphatic rings. The van der Waals surface area contributed by atoms with Crippen LogP contribution in [0.2, 0.25) is 0 Å². The van der Waals surface area contributed by atoms with E-state index in [1.807, 2.05) is 18.2 Å². The van der Waals surface area contributed by atoms with Crippen LogP contribution in [0.5, 0.6) is 11.5 Å². The number of aromatic hydroxyl groups is 1. The Kier molecular flexibility index (Phi) is 6.61. The van der Waals surface area contributed by atoms with Gasteiger partial charge in [-0.2, -0.15) is 0 Å². The van der Waals surface area contributed by atoms with Gasteiger partial charge in [-0.1, -0.05) is 18.2 Å². The lowest BCUT2D eigenvalue weighted by molar-refractivity contribution is 0.368. The Bertz CT molecular complexity index is 342. The number of phenolic OH excluding ortho intramolecular Hbond substituents is 1. The average Bonchev–Trinajstić information content (AvgIpc) is 2.26. The van der Waals surface area contributed by atoms with E-state index in [0.717, 1.165) is 18.4 Å². The van der Waals surface area contributed by atoms with Gasteiger partial charge in [0.05, 0.1) is 7.11 Å². The molecule has 3 N–H and O–H groups in total. The molecule has 0 unspecified atom stereocenters. The van der Waals surface area contributed by atoms with Crippen LogP contribution in [0.25, 0.3) is 0 Å². The summed E-state index contributed by atoms with van der Waals surface area (Å²) in [6, 6.07) is 5.16. The lowest BCUT2D eigenvalue weighted by Crippen LogP contribution is -2.10. The lowest BCUT2D eigenvalue weighted by Gasteiger charge is -2.14. The molecule has 0 saturated heterocycles. The highest BCUT2D eigenvalue weighted by Crippen LogP contribution is 2.33. The molecule has 0 fully saturated rings. The van der Waals surface area contributed by atoms with Gasteiger partial charge in [-0.05, 0) is 18.9 Å². The van der Waals surface area contributed by atoms with Gasteiger partial charge >= 0.3 is 0 Å². The minimum absolute atomic E-state index is 0. The molecule has 3 nitrogen and oxygen atoms in total. The van der Waals surface area contributed by atoms with Gasteiger partial charge in [-0.3, -0.25) is 0 Å². The highest BCUT2D eigenvalue weighted by Gasteiger charge is 2.13. The van der Waals surface area contributed by atoms with E-state index < -0.39 is 0 Å². The minimum atomic E-state index is -0.182. The summed E-state index contributed by atoms with van der Waals surface area (Å²) >= 11 is 0. The highest BCUT2D eigenvalue weighted by molar-refractivity contribution is 5.85. The first-order valence-corrected chi connectivity index (χ1v) is 4.93. The van der Waals surface area contributed by atoms with Gasteiger partial charge in [0, 0.05) is 11.6 Å². The molecule has 0 aliphatic heterocycles. The molecule has 1 aromatic carbocycles. The van der Waals surface area contributed by atoms with Crippen molar-refractivity contribution in [3.8, 4) is 11.5 Å². The zero-order chi connectivity index (χ0) is 11.3. The lowest BCUT2D eigenvalue weighted by atomic mass is 10.0. The molecule has 0 heterocycles. The fourth-order valence-electron chi connectivity index (χ4n) is 1.46. The van der Waals surface area contributed by atoms with E-state index in [0.29, 0.717) is 5.75 Å². The van der Waals surface area contributed by atoms with Crippen molar-refractivity contribution in [2.45, 2.75) is 18.9 Å². The Balaban J connectivity index is 0.00000225. The van der Waals surface area contributed by atoms with Gasteiger partial charge < -0.3 is 15.6 Å². The van der Waals surface area contributed by atoms with Gasteiger partial charge in [0.15, 0.2) is 11.5 Å². The second kappa shape index (κ2) is 7.14. The van der Waals surface area contributed by atoms with Crippen molar-refractivity contribution in [2.24, 2.45) is 5.73 Å². The fraction of sp³-hybridized carbons (Fsp3) is 0.333. The second-order valence-corrected chi connectivity index (χ2v) is 3.37. The van der Waals surface area contributed by atoms with E-state index >= 15 is 0 Å². The average molecular weight is 244 g/mol. The molecule has 0 amide bonds. The van der Waals surface area contributed by atoms with Crippen molar-refractivity contribution in [2.75, 3.05) is 7.11 Å². The third kappa shape index (κ3) is 3.43. The van der Waals surface area contributed by atoms with Crippen LogP contribution in [-0.4, -0.2) is 12.2 Å². The quantitative estimate of drug-likeness (QED) is 0.782. The Morgan fingerprint density at radius 1 is 1.56 bits per heavy atom. The van der Waals surface area contributed by atoms with Crippen molar-refractivity contribution in [1.29, 1.82) is 0 Å². The summed E-state index contributed by atoms with van der Waals surface area (Å²) in [5.41, 5.74) is 6.66. The van der Waals surface area contributed by atoms with Crippen LogP contribution in [0.4, 0.5) is 0 Å². The minimum Gasteiger partial charge on any atom is -0.504 e. The van der Waals surface area contributed by atoms with Crippen LogP contribution in [0.15, 0.2) is 30.9 Å². The zero-order valence-electron chi connectivity index (χ0n) is 9.35. The normalized spacial score (nSPS) is 11.4. The molecule has 16 heavy (non-hydrogen) atoms. The van der Waals surface area contributed by atoms with Crippen LogP contribution in [0.3, 0.4) is 0 Å². The number of hydrogen-bond donors (Lipinski definition) is 2. The van der Waals surface area contributed by atoms with Gasteiger partial charge in [0.2, 0.25) is 0 Å². The van der Waals surface area contributed by atoms with E-state index in [2.05, 4.69) is 6.58 Å². The summed E-state index contributed by atoms with van der Waals surface area (Å²) in [5, 5.41) is 9.83. The predicted molar refractivity (Wildman–Crippen MR) is 68.3 cm³/mol. The number of hydrogen-bond acceptors (Lipinski definition) is 3. The molecular formula is C12H18ClNO2. The largest absolute Gasteiger partial charge is 0.504 e. The van der Waals surface area contributed by atoms with E-state index in [1.165, 1.54) is 7.11 Å². The van der Waals surface area contributed by atoms with Crippen LogP contribution in [-0.2, 0) is 0 Å². The molecule has 0 aliphatic carbocycles. The predicted octanol–water partition coefficient (Wildman–Crippen LogP) is 2.79. The van der Waals surface area contributed by atoms with Crippen LogP contribution in [0.1, 0.15) is 24.4 Å². The van der Waals surface area contributed by atoms with Gasteiger partial charge in [-0.15, -0.1) is 19.0 Å². The zero-order valence-corrected chi connectivity index (χ0v) is 10.2. The SMILES string of the molecule is C=CCC[C@H](N)c1cccc(OC)c1O.Cl. The van der Waals surface area contributed by atoms with Crippen molar-refractivity contribution in [3.63, 3.8) is 0 Å². The van der Waals surface area contributed by atoms with Gasteiger partial charge in [-0.25, -0.2) is 0 Å². The number of phenols is 1. The Morgan fingerprint density at radius 3 is 2.81 bits per heavy atom. The molecule has 0 aromatic heterocycles. The summed E-state index contributed by atoms with van der Waals surface area (Å²) in [6.07, 6.45) is 3.42. The number of ether oxygens (including phenoxy) is 1. The molecule has 1 atom stereocenters. The van der Waals surface area contributed by atoms with E-state index in [4.69, 9.17) is 10.5 Å². The smallest absolute Gasteiger partial charge is 0.162 e. The van der Waals surface area contributed by atoms with Crippen LogP contribution in [0, 0.1) is 0 Å². The van der Waals surface area contributed by atoms with Gasteiger partial charge in [0.25, 0.3) is 0 Å². The first-order chi connectivity index (χ1) is 7.20. The van der Waals surface area contributed by atoms with E-state index in [1.54, 1.807) is 6.07 Å². The molecule has 0 saturated carbocycles. The summed E-state index contributed by atoms with van der Waals surface area (Å²) in [7, 11) is 1.52. The Labute approximate surface area is 102 Å². The third-order valence-corrected chi connectivity index (χ3v) is 2.33. The molecular weight excluding hydrogens is 226 g/mol. The maximum Gasteiger partial charge on any atom is 0.162 e.